The van der Waals surface area contributed by atoms with E-state index in [0.29, 0.717) is 12.1 Å². The number of carbonyl (C=O) groups is 1. The molecule has 2 fully saturated rings. The number of halogens is 3. The highest BCUT2D eigenvalue weighted by atomic mass is 19.4. The van der Waals surface area contributed by atoms with Crippen LogP contribution in [0.15, 0.2) is 28.8 Å². The Kier molecular flexibility index (Phi) is 4.30. The Labute approximate surface area is 148 Å². The Bertz CT molecular complexity index is 801. The maximum Gasteiger partial charge on any atom is 0.416 e. The van der Waals surface area contributed by atoms with Gasteiger partial charge in [-0.3, -0.25) is 4.79 Å². The van der Waals surface area contributed by atoms with Gasteiger partial charge in [-0.1, -0.05) is 30.1 Å². The summed E-state index contributed by atoms with van der Waals surface area (Å²) in [5.74, 6) is 0.0127. The Morgan fingerprint density at radius 2 is 1.85 bits per heavy atom. The normalized spacial score (nSPS) is 26.6. The molecule has 2 aromatic rings. The van der Waals surface area contributed by atoms with Crippen molar-refractivity contribution in [3.63, 3.8) is 0 Å². The minimum absolute atomic E-state index is 0.0241. The fourth-order valence-corrected chi connectivity index (χ4v) is 3.86. The summed E-state index contributed by atoms with van der Waals surface area (Å²) >= 11 is 0. The maximum absolute atomic E-state index is 12.8. The third-order valence-corrected chi connectivity index (χ3v) is 5.27. The number of aromatic nitrogens is 2. The molecule has 8 heteroatoms. The quantitative estimate of drug-likeness (QED) is 0.881. The number of fused-ring (bicyclic) bond motifs is 1. The number of nitrogens with one attached hydrogen (secondary N) is 1. The predicted molar refractivity (Wildman–Crippen MR) is 86.2 cm³/mol. The van der Waals surface area contributed by atoms with Gasteiger partial charge in [-0.15, -0.1) is 0 Å². The van der Waals surface area contributed by atoms with E-state index in [4.69, 9.17) is 4.52 Å². The number of piperidine rings is 1. The molecule has 2 heterocycles. The van der Waals surface area contributed by atoms with E-state index in [-0.39, 0.29) is 29.5 Å². The highest BCUT2D eigenvalue weighted by Crippen LogP contribution is 2.34. The predicted octanol–water partition coefficient (Wildman–Crippen LogP) is 3.57. The molecule has 1 N–H and O–H groups in total. The molecule has 1 saturated carbocycles. The number of alkyl halides is 3. The highest BCUT2D eigenvalue weighted by Gasteiger charge is 2.42. The second-order valence-corrected chi connectivity index (χ2v) is 6.89. The lowest BCUT2D eigenvalue weighted by molar-refractivity contribution is -0.137. The first-order valence-electron chi connectivity index (χ1n) is 8.72. The molecular formula is C18H18F3N3O2. The fourth-order valence-electron chi connectivity index (χ4n) is 3.86. The van der Waals surface area contributed by atoms with Crippen LogP contribution >= 0.6 is 0 Å². The van der Waals surface area contributed by atoms with Crippen LogP contribution in [0.4, 0.5) is 13.2 Å². The van der Waals surface area contributed by atoms with E-state index < -0.39 is 17.7 Å². The molecule has 3 atom stereocenters. The molecule has 1 saturated heterocycles. The van der Waals surface area contributed by atoms with Crippen molar-refractivity contribution in [2.45, 2.75) is 43.8 Å². The monoisotopic (exact) mass is 365 g/mol. The van der Waals surface area contributed by atoms with Crippen molar-refractivity contribution in [2.75, 3.05) is 6.54 Å². The van der Waals surface area contributed by atoms with Gasteiger partial charge < -0.3 is 9.84 Å². The van der Waals surface area contributed by atoms with E-state index >= 15 is 0 Å². The van der Waals surface area contributed by atoms with Crippen LogP contribution in [-0.2, 0) is 11.0 Å². The maximum atomic E-state index is 12.8. The third kappa shape index (κ3) is 3.13. The van der Waals surface area contributed by atoms with Crippen LogP contribution in [0.25, 0.3) is 11.4 Å². The number of hydrogen-bond acceptors (Lipinski definition) is 5. The Hall–Kier alpha value is -2.22. The first kappa shape index (κ1) is 17.2. The lowest BCUT2D eigenvalue weighted by Crippen LogP contribution is -2.51. The first-order valence-corrected chi connectivity index (χ1v) is 8.72. The topological polar surface area (TPSA) is 68.0 Å². The van der Waals surface area contributed by atoms with Crippen LogP contribution in [-0.4, -0.2) is 28.5 Å². The molecule has 4 rings (SSSR count). The SMILES string of the molecule is O=C1C(c2nc(-c3ccc(C(F)(F)F)cc3)no2)CNC2CCCCC12. The smallest absolute Gasteiger partial charge is 0.338 e. The molecule has 1 aromatic heterocycles. The largest absolute Gasteiger partial charge is 0.416 e. The fraction of sp³-hybridized carbons (Fsp3) is 0.500. The molecule has 138 valence electrons. The summed E-state index contributed by atoms with van der Waals surface area (Å²) in [4.78, 5) is 17.0. The summed E-state index contributed by atoms with van der Waals surface area (Å²) in [6.07, 6.45) is -0.346. The average Bonchev–Trinajstić information content (AvgIpc) is 3.11. The molecule has 0 spiro atoms. The van der Waals surface area contributed by atoms with Gasteiger partial charge in [0.25, 0.3) is 0 Å². The van der Waals surface area contributed by atoms with E-state index in [9.17, 15) is 18.0 Å². The number of nitrogens with zero attached hydrogens (tertiary/aromatic N) is 2. The van der Waals surface area contributed by atoms with Gasteiger partial charge in [0.2, 0.25) is 11.7 Å². The number of carbonyl (C=O) groups excluding carboxylic acids is 1. The van der Waals surface area contributed by atoms with Crippen molar-refractivity contribution in [1.29, 1.82) is 0 Å². The lowest BCUT2D eigenvalue weighted by atomic mass is 9.75. The summed E-state index contributed by atoms with van der Waals surface area (Å²) in [5.41, 5.74) is -0.320. The van der Waals surface area contributed by atoms with Crippen LogP contribution in [0.5, 0.6) is 0 Å². The van der Waals surface area contributed by atoms with Crippen LogP contribution < -0.4 is 5.32 Å². The zero-order valence-electron chi connectivity index (χ0n) is 13.9. The molecule has 1 aliphatic carbocycles. The molecule has 1 aliphatic heterocycles. The van der Waals surface area contributed by atoms with E-state index in [1.54, 1.807) is 0 Å². The van der Waals surface area contributed by atoms with Gasteiger partial charge >= 0.3 is 6.18 Å². The Morgan fingerprint density at radius 1 is 1.12 bits per heavy atom. The zero-order valence-corrected chi connectivity index (χ0v) is 13.9. The summed E-state index contributed by atoms with van der Waals surface area (Å²) < 4.78 is 43.2. The highest BCUT2D eigenvalue weighted by molar-refractivity contribution is 5.88. The minimum atomic E-state index is -4.39. The van der Waals surface area contributed by atoms with E-state index in [1.165, 1.54) is 12.1 Å². The lowest BCUT2D eigenvalue weighted by Gasteiger charge is -2.37. The van der Waals surface area contributed by atoms with Crippen molar-refractivity contribution >= 4 is 5.78 Å². The van der Waals surface area contributed by atoms with Crippen LogP contribution in [0.1, 0.15) is 43.1 Å². The van der Waals surface area contributed by atoms with Crippen LogP contribution in [0.3, 0.4) is 0 Å². The van der Waals surface area contributed by atoms with Crippen molar-refractivity contribution in [1.82, 2.24) is 15.5 Å². The molecule has 26 heavy (non-hydrogen) atoms. The molecule has 0 radical (unpaired) electrons. The van der Waals surface area contributed by atoms with Gasteiger partial charge in [-0.2, -0.15) is 18.2 Å². The van der Waals surface area contributed by atoms with E-state index in [1.807, 2.05) is 0 Å². The van der Waals surface area contributed by atoms with Gasteiger partial charge in [0.05, 0.1) is 5.56 Å². The van der Waals surface area contributed by atoms with Gasteiger partial charge in [0.1, 0.15) is 5.92 Å². The molecule has 0 amide bonds. The van der Waals surface area contributed by atoms with Gasteiger partial charge in [0, 0.05) is 24.1 Å². The second-order valence-electron chi connectivity index (χ2n) is 6.89. The number of Topliss-reactive ketones (excluding diaryl/α,β-unsaturated/α-hetero) is 1. The number of ketones is 1. The molecule has 0 bridgehead atoms. The summed E-state index contributed by atoms with van der Waals surface area (Å²) in [6.45, 7) is 0.453. The Balaban J connectivity index is 1.54. The Morgan fingerprint density at radius 3 is 2.58 bits per heavy atom. The van der Waals surface area contributed by atoms with Crippen molar-refractivity contribution < 1.29 is 22.5 Å². The third-order valence-electron chi connectivity index (χ3n) is 5.27. The number of hydrogen-bond donors (Lipinski definition) is 1. The van der Waals surface area contributed by atoms with Crippen molar-refractivity contribution in [3.8, 4) is 11.4 Å². The van der Waals surface area contributed by atoms with E-state index in [0.717, 1.165) is 37.8 Å². The van der Waals surface area contributed by atoms with Crippen molar-refractivity contribution in [3.05, 3.63) is 35.7 Å². The first-order chi connectivity index (χ1) is 12.4. The number of benzene rings is 1. The average molecular weight is 365 g/mol. The molecule has 5 nitrogen and oxygen atoms in total. The number of rotatable bonds is 2. The molecular weight excluding hydrogens is 347 g/mol. The van der Waals surface area contributed by atoms with E-state index in [2.05, 4.69) is 15.5 Å². The minimum Gasteiger partial charge on any atom is -0.338 e. The molecule has 3 unspecified atom stereocenters. The summed E-state index contributed by atoms with van der Waals surface area (Å²) in [6, 6.07) is 4.78. The van der Waals surface area contributed by atoms with Crippen LogP contribution in [0.2, 0.25) is 0 Å². The second kappa shape index (κ2) is 6.50. The van der Waals surface area contributed by atoms with Gasteiger partial charge in [0.15, 0.2) is 5.78 Å². The summed E-state index contributed by atoms with van der Waals surface area (Å²) in [7, 11) is 0. The molecule has 1 aromatic carbocycles. The zero-order chi connectivity index (χ0) is 18.3. The van der Waals surface area contributed by atoms with Gasteiger partial charge in [-0.05, 0) is 25.0 Å². The van der Waals surface area contributed by atoms with Crippen molar-refractivity contribution in [2.24, 2.45) is 5.92 Å². The van der Waals surface area contributed by atoms with Crippen LogP contribution in [0, 0.1) is 5.92 Å². The van der Waals surface area contributed by atoms with Gasteiger partial charge in [-0.25, -0.2) is 0 Å². The standard InChI is InChI=1S/C18H18F3N3O2/c19-18(20,21)11-7-5-10(6-8-11)16-23-17(26-24-16)13-9-22-14-4-2-1-3-12(14)15(13)25/h5-8,12-14,22H,1-4,9H2. The molecule has 2 aliphatic rings. The summed E-state index contributed by atoms with van der Waals surface area (Å²) in [5, 5.41) is 7.24.